The van der Waals surface area contributed by atoms with Crippen LogP contribution in [0, 0.1) is 13.8 Å². The van der Waals surface area contributed by atoms with Gasteiger partial charge >= 0.3 is 5.97 Å². The third-order valence-corrected chi connectivity index (χ3v) is 4.22. The van der Waals surface area contributed by atoms with Crippen molar-refractivity contribution in [2.75, 3.05) is 7.11 Å². The lowest BCUT2D eigenvalue weighted by atomic mass is 10.00. The van der Waals surface area contributed by atoms with Gasteiger partial charge in [-0.1, -0.05) is 18.2 Å². The maximum atomic E-state index is 12.0. The molecule has 2 N–H and O–H groups in total. The van der Waals surface area contributed by atoms with Crippen molar-refractivity contribution < 1.29 is 14.6 Å². The van der Waals surface area contributed by atoms with Crippen LogP contribution in [-0.2, 0) is 16.1 Å². The Morgan fingerprint density at radius 1 is 1.38 bits per heavy atom. The summed E-state index contributed by atoms with van der Waals surface area (Å²) in [5, 5.41) is 15.1. The number of rotatable bonds is 5. The Bertz CT molecular complexity index is 599. The molecule has 4 nitrogen and oxygen atoms in total. The molecule has 2 aromatic rings. The summed E-state index contributed by atoms with van der Waals surface area (Å²) < 4.78 is 4.89. The van der Waals surface area contributed by atoms with Crippen LogP contribution in [0.1, 0.15) is 27.6 Å². The van der Waals surface area contributed by atoms with Crippen molar-refractivity contribution in [2.24, 2.45) is 0 Å². The molecule has 1 aromatic heterocycles. The van der Waals surface area contributed by atoms with E-state index in [0.717, 1.165) is 21.6 Å². The van der Waals surface area contributed by atoms with Gasteiger partial charge in [-0.2, -0.15) is 0 Å². The second kappa shape index (κ2) is 6.74. The first kappa shape index (κ1) is 15.5. The lowest BCUT2D eigenvalue weighted by molar-refractivity contribution is -0.143. The van der Waals surface area contributed by atoms with Gasteiger partial charge in [-0.25, -0.2) is 4.79 Å². The highest BCUT2D eigenvalue weighted by Gasteiger charge is 2.22. The first-order valence-electron chi connectivity index (χ1n) is 6.66. The van der Waals surface area contributed by atoms with Gasteiger partial charge < -0.3 is 9.84 Å². The standard InChI is InChI=1S/C16H19NO3S/c1-10-7-12(8-11(2)15(10)18)14(16(19)20-3)17-9-13-5-4-6-21-13/h4-8,14,17-18H,9H2,1-3H3. The van der Waals surface area contributed by atoms with Crippen LogP contribution in [0.4, 0.5) is 0 Å². The van der Waals surface area contributed by atoms with Gasteiger partial charge in [0.1, 0.15) is 11.8 Å². The number of benzene rings is 1. The number of nitrogens with one attached hydrogen (secondary N) is 1. The fraction of sp³-hybridized carbons (Fsp3) is 0.312. The Kier molecular flexibility index (Phi) is 4.98. The van der Waals surface area contributed by atoms with Crippen LogP contribution < -0.4 is 5.32 Å². The highest BCUT2D eigenvalue weighted by molar-refractivity contribution is 7.09. The van der Waals surface area contributed by atoms with Crippen LogP contribution in [0.25, 0.3) is 0 Å². The molecule has 0 spiro atoms. The quantitative estimate of drug-likeness (QED) is 0.834. The predicted molar refractivity (Wildman–Crippen MR) is 83.5 cm³/mol. The maximum absolute atomic E-state index is 12.0. The Morgan fingerprint density at radius 3 is 2.57 bits per heavy atom. The van der Waals surface area contributed by atoms with E-state index in [2.05, 4.69) is 5.32 Å². The van der Waals surface area contributed by atoms with Gasteiger partial charge in [0.2, 0.25) is 0 Å². The van der Waals surface area contributed by atoms with Crippen molar-refractivity contribution >= 4 is 17.3 Å². The summed E-state index contributed by atoms with van der Waals surface area (Å²) in [6, 6.07) is 7.06. The molecule has 0 aliphatic rings. The number of aryl methyl sites for hydroxylation is 2. The summed E-state index contributed by atoms with van der Waals surface area (Å²) in [4.78, 5) is 13.2. The molecule has 1 unspecified atom stereocenters. The first-order chi connectivity index (χ1) is 10.0. The van der Waals surface area contributed by atoms with Crippen molar-refractivity contribution in [3.05, 3.63) is 51.2 Å². The minimum Gasteiger partial charge on any atom is -0.507 e. The number of esters is 1. The van der Waals surface area contributed by atoms with Gasteiger partial charge in [0.15, 0.2) is 0 Å². The second-order valence-corrected chi connectivity index (χ2v) is 5.95. The number of hydrogen-bond donors (Lipinski definition) is 2. The third kappa shape index (κ3) is 3.62. The number of ether oxygens (including phenoxy) is 1. The van der Waals surface area contributed by atoms with Gasteiger partial charge in [0.05, 0.1) is 7.11 Å². The second-order valence-electron chi connectivity index (χ2n) is 4.92. The normalized spacial score (nSPS) is 12.1. The molecular formula is C16H19NO3S. The lowest BCUT2D eigenvalue weighted by Crippen LogP contribution is -2.29. The molecule has 0 amide bonds. The predicted octanol–water partition coefficient (Wildman–Crippen LogP) is 3.07. The molecule has 2 rings (SSSR count). The van der Waals surface area contributed by atoms with E-state index in [1.807, 2.05) is 43.5 Å². The van der Waals surface area contributed by atoms with E-state index in [0.29, 0.717) is 6.54 Å². The molecule has 0 saturated carbocycles. The van der Waals surface area contributed by atoms with Gasteiger partial charge in [-0.3, -0.25) is 5.32 Å². The SMILES string of the molecule is COC(=O)C(NCc1cccs1)c1cc(C)c(O)c(C)c1. The zero-order valence-corrected chi connectivity index (χ0v) is 13.2. The number of phenols is 1. The van der Waals surface area contributed by atoms with Gasteiger partial charge in [-0.15, -0.1) is 11.3 Å². The van der Waals surface area contributed by atoms with Crippen molar-refractivity contribution in [3.8, 4) is 5.75 Å². The number of carbonyl (C=O) groups excluding carboxylic acids is 1. The average molecular weight is 305 g/mol. The molecule has 1 atom stereocenters. The van der Waals surface area contributed by atoms with E-state index in [4.69, 9.17) is 4.74 Å². The minimum atomic E-state index is -0.546. The van der Waals surface area contributed by atoms with Crippen molar-refractivity contribution in [2.45, 2.75) is 26.4 Å². The Balaban J connectivity index is 2.25. The van der Waals surface area contributed by atoms with E-state index < -0.39 is 6.04 Å². The number of phenolic OH excluding ortho intramolecular Hbond substituents is 1. The molecule has 0 fully saturated rings. The molecule has 0 aliphatic heterocycles. The fourth-order valence-corrected chi connectivity index (χ4v) is 2.88. The van der Waals surface area contributed by atoms with Gasteiger partial charge in [-0.05, 0) is 42.0 Å². The summed E-state index contributed by atoms with van der Waals surface area (Å²) in [5.74, 6) is -0.0725. The molecule has 0 radical (unpaired) electrons. The Labute approximate surface area is 128 Å². The van der Waals surface area contributed by atoms with Gasteiger partial charge in [0, 0.05) is 11.4 Å². The largest absolute Gasteiger partial charge is 0.507 e. The molecular weight excluding hydrogens is 286 g/mol. The summed E-state index contributed by atoms with van der Waals surface area (Å²) in [6.45, 7) is 4.23. The summed E-state index contributed by atoms with van der Waals surface area (Å²) in [7, 11) is 1.38. The van der Waals surface area contributed by atoms with Gasteiger partial charge in [0.25, 0.3) is 0 Å². The van der Waals surface area contributed by atoms with Crippen LogP contribution in [-0.4, -0.2) is 18.2 Å². The zero-order valence-electron chi connectivity index (χ0n) is 12.3. The summed E-state index contributed by atoms with van der Waals surface area (Å²) in [5.41, 5.74) is 2.29. The fourth-order valence-electron chi connectivity index (χ4n) is 2.23. The highest BCUT2D eigenvalue weighted by Crippen LogP contribution is 2.27. The third-order valence-electron chi connectivity index (χ3n) is 3.34. The molecule has 1 heterocycles. The first-order valence-corrected chi connectivity index (χ1v) is 7.54. The van der Waals surface area contributed by atoms with Crippen molar-refractivity contribution in [1.82, 2.24) is 5.32 Å². The topological polar surface area (TPSA) is 58.6 Å². The van der Waals surface area contributed by atoms with Crippen molar-refractivity contribution in [3.63, 3.8) is 0 Å². The Morgan fingerprint density at radius 2 is 2.05 bits per heavy atom. The number of carbonyl (C=O) groups is 1. The van der Waals surface area contributed by atoms with Crippen LogP contribution in [0.3, 0.4) is 0 Å². The van der Waals surface area contributed by atoms with Crippen LogP contribution in [0.5, 0.6) is 5.75 Å². The van der Waals surface area contributed by atoms with E-state index in [1.165, 1.54) is 7.11 Å². The minimum absolute atomic E-state index is 0.264. The molecule has 5 heteroatoms. The van der Waals surface area contributed by atoms with E-state index in [1.54, 1.807) is 11.3 Å². The number of thiophene rings is 1. The van der Waals surface area contributed by atoms with Crippen molar-refractivity contribution in [1.29, 1.82) is 0 Å². The van der Waals surface area contributed by atoms with E-state index in [-0.39, 0.29) is 11.7 Å². The average Bonchev–Trinajstić information content (AvgIpc) is 2.97. The Hall–Kier alpha value is -1.85. The lowest BCUT2D eigenvalue weighted by Gasteiger charge is -2.18. The number of aromatic hydroxyl groups is 1. The number of hydrogen-bond acceptors (Lipinski definition) is 5. The molecule has 0 aliphatic carbocycles. The van der Waals surface area contributed by atoms with Crippen LogP contribution in [0.2, 0.25) is 0 Å². The molecule has 1 aromatic carbocycles. The summed E-state index contributed by atoms with van der Waals surface area (Å²) in [6.07, 6.45) is 0. The highest BCUT2D eigenvalue weighted by atomic mass is 32.1. The monoisotopic (exact) mass is 305 g/mol. The van der Waals surface area contributed by atoms with E-state index >= 15 is 0 Å². The summed E-state index contributed by atoms with van der Waals surface area (Å²) >= 11 is 1.63. The maximum Gasteiger partial charge on any atom is 0.327 e. The van der Waals surface area contributed by atoms with Crippen LogP contribution in [0.15, 0.2) is 29.6 Å². The van der Waals surface area contributed by atoms with E-state index in [9.17, 15) is 9.90 Å². The van der Waals surface area contributed by atoms with Crippen LogP contribution >= 0.6 is 11.3 Å². The smallest absolute Gasteiger partial charge is 0.327 e. The molecule has 21 heavy (non-hydrogen) atoms. The molecule has 0 saturated heterocycles. The molecule has 112 valence electrons. The molecule has 0 bridgehead atoms. The zero-order chi connectivity index (χ0) is 15.4. The number of methoxy groups -OCH3 is 1.